The maximum atomic E-state index is 11.3. The molecule has 0 radical (unpaired) electrons. The Kier molecular flexibility index (Phi) is 6.05. The summed E-state index contributed by atoms with van der Waals surface area (Å²) >= 11 is 5.31. The van der Waals surface area contributed by atoms with Crippen LogP contribution >= 0.6 is 11.8 Å². The highest BCUT2D eigenvalue weighted by Crippen LogP contribution is 2.19. The van der Waals surface area contributed by atoms with Crippen LogP contribution in [0.25, 0.3) is 0 Å². The standard InChI is InChI=1S/C8H19ClN2O3S/c1-4-5-8(11(2)3,6-7-10-9)15(12,13)14/h10H,4-7H2,1-3H3,(H,12,13,14). The predicted molar refractivity (Wildman–Crippen MR) is 58.6 cm³/mol. The van der Waals surface area contributed by atoms with E-state index in [1.807, 2.05) is 6.92 Å². The van der Waals surface area contributed by atoms with Gasteiger partial charge in [-0.05, 0) is 18.2 Å². The fourth-order valence-corrected chi connectivity index (χ4v) is 3.18. The molecule has 0 amide bonds. The third-order valence-electron chi connectivity index (χ3n) is 2.67. The van der Waals surface area contributed by atoms with Crippen LogP contribution in [0.4, 0.5) is 0 Å². The molecule has 7 heteroatoms. The van der Waals surface area contributed by atoms with E-state index in [4.69, 9.17) is 11.8 Å². The molecule has 0 saturated carbocycles. The molecule has 0 aliphatic rings. The zero-order valence-corrected chi connectivity index (χ0v) is 10.9. The van der Waals surface area contributed by atoms with Gasteiger partial charge in [-0.1, -0.05) is 6.92 Å². The Bertz CT molecular complexity index is 282. The first-order valence-electron chi connectivity index (χ1n) is 4.91. The predicted octanol–water partition coefficient (Wildman–Crippen LogP) is -0.694. The molecular formula is C8H19ClN2O3S. The lowest BCUT2D eigenvalue weighted by atomic mass is 10.1. The summed E-state index contributed by atoms with van der Waals surface area (Å²) in [5, 5.41) is 0. The Hall–Kier alpha value is 0.120. The molecule has 0 rings (SSSR count). The van der Waals surface area contributed by atoms with Crippen molar-refractivity contribution in [2.45, 2.75) is 31.1 Å². The van der Waals surface area contributed by atoms with E-state index in [0.717, 1.165) is 0 Å². The van der Waals surface area contributed by atoms with Crippen LogP contribution in [0.2, 0.25) is 0 Å². The number of nitrogens with one attached hydrogen (secondary N) is 2. The SMILES string of the molecule is CCCC(CCNCl)([NH+](C)C)S(=O)(=O)[O-]. The van der Waals surface area contributed by atoms with Crippen LogP contribution < -0.4 is 9.74 Å². The highest BCUT2D eigenvalue weighted by atomic mass is 35.5. The van der Waals surface area contributed by atoms with Crippen LogP contribution in [0.5, 0.6) is 0 Å². The first-order chi connectivity index (χ1) is 6.81. The van der Waals surface area contributed by atoms with E-state index >= 15 is 0 Å². The Morgan fingerprint density at radius 1 is 1.40 bits per heavy atom. The maximum Gasteiger partial charge on any atom is 0.188 e. The second kappa shape index (κ2) is 6.00. The molecule has 0 heterocycles. The lowest BCUT2D eigenvalue weighted by Crippen LogP contribution is -3.16. The summed E-state index contributed by atoms with van der Waals surface area (Å²) in [5.74, 6) is 0. The number of rotatable bonds is 7. The van der Waals surface area contributed by atoms with Crippen LogP contribution in [0.15, 0.2) is 0 Å². The topological polar surface area (TPSA) is 73.7 Å². The number of hydrogen-bond acceptors (Lipinski definition) is 4. The van der Waals surface area contributed by atoms with E-state index in [9.17, 15) is 13.0 Å². The molecule has 0 saturated heterocycles. The second-order valence-electron chi connectivity index (χ2n) is 3.83. The van der Waals surface area contributed by atoms with Crippen LogP contribution in [0.3, 0.4) is 0 Å². The molecule has 15 heavy (non-hydrogen) atoms. The van der Waals surface area contributed by atoms with Gasteiger partial charge >= 0.3 is 0 Å². The van der Waals surface area contributed by atoms with Gasteiger partial charge in [-0.15, -0.1) is 0 Å². The molecule has 0 bridgehead atoms. The summed E-state index contributed by atoms with van der Waals surface area (Å²) in [7, 11) is -0.986. The largest absolute Gasteiger partial charge is 0.743 e. The van der Waals surface area contributed by atoms with E-state index in [-0.39, 0.29) is 6.42 Å². The van der Waals surface area contributed by atoms with Crippen LogP contribution in [0, 0.1) is 0 Å². The summed E-state index contributed by atoms with van der Waals surface area (Å²) < 4.78 is 34.0. The van der Waals surface area contributed by atoms with E-state index in [2.05, 4.69) is 4.84 Å². The number of halogens is 1. The average Bonchev–Trinajstić information content (AvgIpc) is 2.09. The summed E-state index contributed by atoms with van der Waals surface area (Å²) in [6, 6.07) is 0. The van der Waals surface area contributed by atoms with Gasteiger partial charge in [0.1, 0.15) is 0 Å². The van der Waals surface area contributed by atoms with Crippen molar-refractivity contribution >= 4 is 21.9 Å². The third kappa shape index (κ3) is 3.57. The second-order valence-corrected chi connectivity index (χ2v) is 5.79. The average molecular weight is 259 g/mol. The van der Waals surface area contributed by atoms with Gasteiger partial charge in [0.05, 0.1) is 14.1 Å². The van der Waals surface area contributed by atoms with E-state index in [0.29, 0.717) is 24.3 Å². The van der Waals surface area contributed by atoms with Crippen molar-refractivity contribution in [3.05, 3.63) is 0 Å². The molecular weight excluding hydrogens is 240 g/mol. The molecule has 2 N–H and O–H groups in total. The monoisotopic (exact) mass is 258 g/mol. The summed E-state index contributed by atoms with van der Waals surface area (Å²) in [6.45, 7) is 2.16. The molecule has 0 spiro atoms. The first kappa shape index (κ1) is 15.1. The van der Waals surface area contributed by atoms with Crippen molar-refractivity contribution in [3.8, 4) is 0 Å². The molecule has 5 nitrogen and oxygen atoms in total. The van der Waals surface area contributed by atoms with Gasteiger partial charge in [-0.3, -0.25) is 0 Å². The molecule has 0 aromatic carbocycles. The van der Waals surface area contributed by atoms with Crippen molar-refractivity contribution < 1.29 is 17.9 Å². The first-order valence-corrected chi connectivity index (χ1v) is 6.70. The zero-order chi connectivity index (χ0) is 12.1. The van der Waals surface area contributed by atoms with Crippen molar-refractivity contribution in [3.63, 3.8) is 0 Å². The molecule has 1 atom stereocenters. The van der Waals surface area contributed by atoms with Gasteiger partial charge in [0.25, 0.3) is 0 Å². The molecule has 0 aliphatic heterocycles. The van der Waals surface area contributed by atoms with Gasteiger partial charge in [0.15, 0.2) is 15.0 Å². The minimum absolute atomic E-state index is 0.221. The van der Waals surface area contributed by atoms with Crippen LogP contribution in [0.1, 0.15) is 26.2 Å². The van der Waals surface area contributed by atoms with Crippen LogP contribution in [-0.2, 0) is 10.1 Å². The minimum atomic E-state index is -4.35. The van der Waals surface area contributed by atoms with E-state index in [1.165, 1.54) is 0 Å². The minimum Gasteiger partial charge on any atom is -0.743 e. The van der Waals surface area contributed by atoms with Gasteiger partial charge in [0, 0.05) is 19.4 Å². The van der Waals surface area contributed by atoms with Gasteiger partial charge < -0.3 is 9.45 Å². The molecule has 0 aliphatic carbocycles. The van der Waals surface area contributed by atoms with E-state index in [1.54, 1.807) is 14.1 Å². The number of hydrogen-bond donors (Lipinski definition) is 2. The van der Waals surface area contributed by atoms with Crippen molar-refractivity contribution in [1.82, 2.24) is 4.84 Å². The Morgan fingerprint density at radius 3 is 2.20 bits per heavy atom. The summed E-state index contributed by atoms with van der Waals surface area (Å²) in [6.07, 6.45) is 1.22. The van der Waals surface area contributed by atoms with E-state index < -0.39 is 15.0 Å². The molecule has 0 fully saturated rings. The molecule has 92 valence electrons. The van der Waals surface area contributed by atoms with Crippen molar-refractivity contribution in [2.75, 3.05) is 20.6 Å². The summed E-state index contributed by atoms with van der Waals surface area (Å²) in [4.78, 5) is 1.72. The lowest BCUT2D eigenvalue weighted by molar-refractivity contribution is -0.899. The van der Waals surface area contributed by atoms with Gasteiger partial charge in [-0.25, -0.2) is 13.3 Å². The zero-order valence-electron chi connectivity index (χ0n) is 9.34. The Balaban J connectivity index is 5.09. The molecule has 0 aromatic rings. The molecule has 0 aromatic heterocycles. The highest BCUT2D eigenvalue weighted by molar-refractivity contribution is 7.86. The maximum absolute atomic E-state index is 11.3. The highest BCUT2D eigenvalue weighted by Gasteiger charge is 2.42. The molecule has 1 unspecified atom stereocenters. The third-order valence-corrected chi connectivity index (χ3v) is 4.63. The van der Waals surface area contributed by atoms with Crippen LogP contribution in [-0.4, -0.2) is 38.5 Å². The van der Waals surface area contributed by atoms with Crippen molar-refractivity contribution in [2.24, 2.45) is 0 Å². The van der Waals surface area contributed by atoms with Crippen molar-refractivity contribution in [1.29, 1.82) is 0 Å². The lowest BCUT2D eigenvalue weighted by Gasteiger charge is -2.38. The quantitative estimate of drug-likeness (QED) is 0.468. The smallest absolute Gasteiger partial charge is 0.188 e. The number of quaternary nitrogens is 1. The Morgan fingerprint density at radius 2 is 1.93 bits per heavy atom. The summed E-state index contributed by atoms with van der Waals surface area (Å²) in [5.41, 5.74) is 0. The van der Waals surface area contributed by atoms with Gasteiger partial charge in [-0.2, -0.15) is 0 Å². The fourth-order valence-electron chi connectivity index (χ4n) is 1.78. The normalized spacial score (nSPS) is 16.7. The fraction of sp³-hybridized carbons (Fsp3) is 1.00. The Labute approximate surface area is 96.6 Å². The van der Waals surface area contributed by atoms with Gasteiger partial charge in [0.2, 0.25) is 0 Å².